The fourth-order valence-corrected chi connectivity index (χ4v) is 4.82. The van der Waals surface area contributed by atoms with Crippen molar-refractivity contribution in [3.8, 4) is 5.75 Å². The van der Waals surface area contributed by atoms with Gasteiger partial charge in [0.2, 0.25) is 0 Å². The van der Waals surface area contributed by atoms with Crippen molar-refractivity contribution >= 4 is 10.9 Å². The summed E-state index contributed by atoms with van der Waals surface area (Å²) in [6, 6.07) is 8.79. The van der Waals surface area contributed by atoms with E-state index in [-0.39, 0.29) is 6.04 Å². The molecule has 2 fully saturated rings. The first kappa shape index (κ1) is 15.9. The predicted molar refractivity (Wildman–Crippen MR) is 95.2 cm³/mol. The van der Waals surface area contributed by atoms with Crippen molar-refractivity contribution in [2.24, 2.45) is 5.92 Å². The van der Waals surface area contributed by atoms with E-state index in [9.17, 15) is 5.11 Å². The first-order valence-corrected chi connectivity index (χ1v) is 9.18. The molecule has 4 rings (SSSR count). The molecular formula is C20H26N2O2. The van der Waals surface area contributed by atoms with E-state index in [0.717, 1.165) is 41.1 Å². The minimum Gasteiger partial charge on any atom is -0.494 e. The number of benzene rings is 1. The molecule has 4 heteroatoms. The molecule has 2 saturated heterocycles. The molecule has 0 aliphatic carbocycles. The number of aromatic nitrogens is 1. The standard InChI is InChI=1S/C20H26N2O2/c1-3-18-13-8-10-22(18)19(11-13)20(23)15-7-9-21-17-6-5-14(24-4-2)12-16(15)17/h5-7,9,12-13,18-20,23H,3-4,8,10-11H2,1-2H3/t13-,18+,19-,20-/m0/s1. The summed E-state index contributed by atoms with van der Waals surface area (Å²) in [6.45, 7) is 6.01. The minimum absolute atomic E-state index is 0.232. The maximum atomic E-state index is 11.2. The smallest absolute Gasteiger partial charge is 0.120 e. The number of aliphatic hydroxyl groups excluding tert-OH is 1. The molecular weight excluding hydrogens is 300 g/mol. The summed E-state index contributed by atoms with van der Waals surface area (Å²) in [5.41, 5.74) is 1.90. The van der Waals surface area contributed by atoms with Crippen LogP contribution in [0, 0.1) is 5.92 Å². The van der Waals surface area contributed by atoms with Crippen molar-refractivity contribution in [1.29, 1.82) is 0 Å². The zero-order valence-corrected chi connectivity index (χ0v) is 14.5. The third kappa shape index (κ3) is 2.49. The largest absolute Gasteiger partial charge is 0.494 e. The van der Waals surface area contributed by atoms with Gasteiger partial charge in [0, 0.05) is 23.7 Å². The summed E-state index contributed by atoms with van der Waals surface area (Å²) in [7, 11) is 0. The fraction of sp³-hybridized carbons (Fsp3) is 0.550. The van der Waals surface area contributed by atoms with Crippen LogP contribution in [-0.2, 0) is 0 Å². The van der Waals surface area contributed by atoms with E-state index in [1.54, 1.807) is 6.20 Å². The topological polar surface area (TPSA) is 45.6 Å². The molecule has 0 saturated carbocycles. The Morgan fingerprint density at radius 3 is 2.96 bits per heavy atom. The van der Waals surface area contributed by atoms with Crippen molar-refractivity contribution < 1.29 is 9.84 Å². The second-order valence-electron chi connectivity index (χ2n) is 7.02. The SMILES string of the molecule is CCOc1ccc2nccc([C@H](O)[C@@H]3C[C@@H]4CCN3[C@@H]4CC)c2c1. The van der Waals surface area contributed by atoms with Crippen LogP contribution < -0.4 is 4.74 Å². The Kier molecular flexibility index (Phi) is 4.19. The van der Waals surface area contributed by atoms with Crippen molar-refractivity contribution in [2.75, 3.05) is 13.2 Å². The van der Waals surface area contributed by atoms with Crippen molar-refractivity contribution in [3.05, 3.63) is 36.0 Å². The predicted octanol–water partition coefficient (Wildman–Crippen LogP) is 3.54. The van der Waals surface area contributed by atoms with E-state index in [1.807, 2.05) is 31.2 Å². The van der Waals surface area contributed by atoms with Gasteiger partial charge < -0.3 is 9.84 Å². The highest BCUT2D eigenvalue weighted by Crippen LogP contribution is 2.45. The lowest BCUT2D eigenvalue weighted by Gasteiger charge is -2.31. The van der Waals surface area contributed by atoms with E-state index >= 15 is 0 Å². The van der Waals surface area contributed by atoms with Gasteiger partial charge in [-0.25, -0.2) is 0 Å². The molecule has 2 aliphatic heterocycles. The zero-order chi connectivity index (χ0) is 16.7. The molecule has 4 nitrogen and oxygen atoms in total. The molecule has 0 radical (unpaired) electrons. The van der Waals surface area contributed by atoms with E-state index in [2.05, 4.69) is 16.8 Å². The van der Waals surface area contributed by atoms with E-state index in [0.29, 0.717) is 12.6 Å². The maximum absolute atomic E-state index is 11.2. The number of piperidine rings is 1. The van der Waals surface area contributed by atoms with Crippen LogP contribution in [0.15, 0.2) is 30.5 Å². The molecule has 1 aromatic carbocycles. The van der Waals surface area contributed by atoms with Gasteiger partial charge >= 0.3 is 0 Å². The summed E-state index contributed by atoms with van der Waals surface area (Å²) in [5.74, 6) is 1.59. The fourth-order valence-electron chi connectivity index (χ4n) is 4.82. The average Bonchev–Trinajstić information content (AvgIpc) is 3.18. The second-order valence-corrected chi connectivity index (χ2v) is 7.02. The molecule has 1 aromatic heterocycles. The summed E-state index contributed by atoms with van der Waals surface area (Å²) in [6.07, 6.45) is 4.91. The lowest BCUT2D eigenvalue weighted by Crippen LogP contribution is -2.38. The monoisotopic (exact) mass is 326 g/mol. The molecule has 2 aliphatic rings. The molecule has 1 N–H and O–H groups in total. The van der Waals surface area contributed by atoms with Gasteiger partial charge in [0.1, 0.15) is 5.75 Å². The van der Waals surface area contributed by atoms with Crippen LogP contribution in [0.2, 0.25) is 0 Å². The normalized spacial score (nSPS) is 30.0. The number of nitrogens with zero attached hydrogens (tertiary/aromatic N) is 2. The molecule has 2 aromatic rings. The Morgan fingerprint density at radius 1 is 1.33 bits per heavy atom. The number of aliphatic hydroxyl groups is 1. The van der Waals surface area contributed by atoms with Crippen molar-refractivity contribution in [3.63, 3.8) is 0 Å². The highest BCUT2D eigenvalue weighted by atomic mass is 16.5. The number of ether oxygens (including phenoxy) is 1. The van der Waals surface area contributed by atoms with Gasteiger partial charge in [-0.05, 0) is 68.5 Å². The summed E-state index contributed by atoms with van der Waals surface area (Å²) in [5, 5.41) is 12.2. The Bertz CT molecular complexity index is 733. The van der Waals surface area contributed by atoms with Gasteiger partial charge in [-0.15, -0.1) is 0 Å². The zero-order valence-electron chi connectivity index (χ0n) is 14.5. The number of hydrogen-bond donors (Lipinski definition) is 1. The van der Waals surface area contributed by atoms with Crippen LogP contribution >= 0.6 is 0 Å². The van der Waals surface area contributed by atoms with Gasteiger partial charge in [0.05, 0.1) is 18.2 Å². The molecule has 0 spiro atoms. The quantitative estimate of drug-likeness (QED) is 0.913. The first-order valence-electron chi connectivity index (χ1n) is 9.18. The van der Waals surface area contributed by atoms with Gasteiger partial charge in [-0.3, -0.25) is 9.88 Å². The van der Waals surface area contributed by atoms with Crippen molar-refractivity contribution in [1.82, 2.24) is 9.88 Å². The minimum atomic E-state index is -0.466. The first-order chi connectivity index (χ1) is 11.7. The molecule has 0 amide bonds. The number of fused-ring (bicyclic) bond motifs is 3. The van der Waals surface area contributed by atoms with Crippen LogP contribution in [-0.4, -0.2) is 40.2 Å². The number of hydrogen-bond acceptors (Lipinski definition) is 4. The lowest BCUT2D eigenvalue weighted by atomic mass is 9.90. The number of rotatable bonds is 5. The van der Waals surface area contributed by atoms with Crippen LogP contribution in [0.3, 0.4) is 0 Å². The Labute approximate surface area is 143 Å². The molecule has 2 bridgehead atoms. The van der Waals surface area contributed by atoms with Crippen LogP contribution in [0.1, 0.15) is 44.8 Å². The number of pyridine rings is 1. The van der Waals surface area contributed by atoms with Gasteiger partial charge in [0.25, 0.3) is 0 Å². The van der Waals surface area contributed by atoms with Crippen molar-refractivity contribution in [2.45, 2.75) is 51.3 Å². The molecule has 3 heterocycles. The average molecular weight is 326 g/mol. The third-order valence-corrected chi connectivity index (χ3v) is 5.86. The summed E-state index contributed by atoms with van der Waals surface area (Å²) in [4.78, 5) is 6.99. The lowest BCUT2D eigenvalue weighted by molar-refractivity contribution is 0.0594. The summed E-state index contributed by atoms with van der Waals surface area (Å²) >= 11 is 0. The van der Waals surface area contributed by atoms with E-state index < -0.39 is 6.10 Å². The third-order valence-electron chi connectivity index (χ3n) is 5.86. The Morgan fingerprint density at radius 2 is 2.21 bits per heavy atom. The molecule has 1 unspecified atom stereocenters. The van der Waals surface area contributed by atoms with Gasteiger partial charge in [-0.1, -0.05) is 6.92 Å². The van der Waals surface area contributed by atoms with E-state index in [4.69, 9.17) is 4.74 Å². The molecule has 128 valence electrons. The van der Waals surface area contributed by atoms with Crippen LogP contribution in [0.5, 0.6) is 5.75 Å². The van der Waals surface area contributed by atoms with E-state index in [1.165, 1.54) is 12.8 Å². The molecule has 5 atom stereocenters. The Balaban J connectivity index is 1.69. The molecule has 24 heavy (non-hydrogen) atoms. The van der Waals surface area contributed by atoms with Gasteiger partial charge in [0.15, 0.2) is 0 Å². The van der Waals surface area contributed by atoms with Crippen LogP contribution in [0.4, 0.5) is 0 Å². The summed E-state index contributed by atoms with van der Waals surface area (Å²) < 4.78 is 5.64. The maximum Gasteiger partial charge on any atom is 0.120 e. The highest BCUT2D eigenvalue weighted by Gasteiger charge is 2.47. The van der Waals surface area contributed by atoms with Crippen LogP contribution in [0.25, 0.3) is 10.9 Å². The second kappa shape index (κ2) is 6.34. The highest BCUT2D eigenvalue weighted by molar-refractivity contribution is 5.84. The Hall–Kier alpha value is -1.65. The van der Waals surface area contributed by atoms with Gasteiger partial charge in [-0.2, -0.15) is 0 Å².